The lowest BCUT2D eigenvalue weighted by molar-refractivity contribution is 0.255. The van der Waals surface area contributed by atoms with E-state index in [2.05, 4.69) is 53.4 Å². The van der Waals surface area contributed by atoms with Crippen molar-refractivity contribution in [1.29, 1.82) is 5.41 Å². The average Bonchev–Trinajstić information content (AvgIpc) is 2.49. The predicted octanol–water partition coefficient (Wildman–Crippen LogP) is 3.40. The van der Waals surface area contributed by atoms with Crippen molar-refractivity contribution in [3.05, 3.63) is 71.8 Å². The molecule has 0 heterocycles. The lowest BCUT2D eigenvalue weighted by atomic mass is 10.1. The number of nitrogens with one attached hydrogen (secondary N) is 1. The highest BCUT2D eigenvalue weighted by Gasteiger charge is 2.07. The topological polar surface area (TPSA) is 53.1 Å². The summed E-state index contributed by atoms with van der Waals surface area (Å²) in [5.74, 6) is 0.273. The van der Waals surface area contributed by atoms with Crippen molar-refractivity contribution in [3.8, 4) is 0 Å². The minimum absolute atomic E-state index is 0.273. The molecule has 0 bridgehead atoms. The molecule has 0 amide bonds. The molecule has 0 aliphatic rings. The maximum atomic E-state index is 7.34. The van der Waals surface area contributed by atoms with Crippen LogP contribution in [0.5, 0.6) is 0 Å². The van der Waals surface area contributed by atoms with Gasteiger partial charge in [0.05, 0.1) is 5.84 Å². The Hall–Kier alpha value is -2.13. The lowest BCUT2D eigenvalue weighted by Gasteiger charge is -2.22. The lowest BCUT2D eigenvalue weighted by Crippen LogP contribution is -2.25. The van der Waals surface area contributed by atoms with Gasteiger partial charge in [-0.1, -0.05) is 60.7 Å². The number of benzene rings is 2. The third-order valence-electron chi connectivity index (χ3n) is 3.42. The van der Waals surface area contributed by atoms with Crippen LogP contribution in [-0.2, 0) is 13.1 Å². The first-order valence-electron chi connectivity index (χ1n) is 7.37. The Labute approximate surface area is 126 Å². The van der Waals surface area contributed by atoms with Crippen molar-refractivity contribution in [2.45, 2.75) is 25.9 Å². The summed E-state index contributed by atoms with van der Waals surface area (Å²) in [5, 5.41) is 7.34. The standard InChI is InChI=1S/C18H23N3/c19-18(20)12-7-13-21(14-16-8-3-1-4-9-16)15-17-10-5-2-6-11-17/h1-6,8-11H,7,12-15H2,(H3,19,20). The second-order valence-electron chi connectivity index (χ2n) is 5.31. The number of hydrogen-bond acceptors (Lipinski definition) is 2. The van der Waals surface area contributed by atoms with Gasteiger partial charge in [-0.15, -0.1) is 0 Å². The first kappa shape index (κ1) is 15.3. The molecule has 110 valence electrons. The van der Waals surface area contributed by atoms with Gasteiger partial charge in [0.15, 0.2) is 0 Å². The van der Waals surface area contributed by atoms with Gasteiger partial charge in [0.2, 0.25) is 0 Å². The summed E-state index contributed by atoms with van der Waals surface area (Å²) >= 11 is 0. The quantitative estimate of drug-likeness (QED) is 0.575. The second-order valence-corrected chi connectivity index (χ2v) is 5.31. The maximum Gasteiger partial charge on any atom is 0.0905 e. The van der Waals surface area contributed by atoms with Crippen molar-refractivity contribution >= 4 is 5.84 Å². The van der Waals surface area contributed by atoms with E-state index in [0.717, 1.165) is 26.1 Å². The van der Waals surface area contributed by atoms with Crippen molar-refractivity contribution in [3.63, 3.8) is 0 Å². The van der Waals surface area contributed by atoms with E-state index < -0.39 is 0 Å². The fraction of sp³-hybridized carbons (Fsp3) is 0.278. The molecule has 0 radical (unpaired) electrons. The van der Waals surface area contributed by atoms with Crippen molar-refractivity contribution in [1.82, 2.24) is 4.90 Å². The highest BCUT2D eigenvalue weighted by Crippen LogP contribution is 2.11. The van der Waals surface area contributed by atoms with Crippen LogP contribution in [0.25, 0.3) is 0 Å². The number of nitrogens with zero attached hydrogens (tertiary/aromatic N) is 1. The molecule has 21 heavy (non-hydrogen) atoms. The Morgan fingerprint density at radius 3 is 1.76 bits per heavy atom. The molecule has 2 aromatic rings. The Morgan fingerprint density at radius 1 is 0.857 bits per heavy atom. The summed E-state index contributed by atoms with van der Waals surface area (Å²) in [7, 11) is 0. The molecule has 0 aromatic heterocycles. The van der Waals surface area contributed by atoms with Crippen molar-refractivity contribution < 1.29 is 0 Å². The number of nitrogens with two attached hydrogens (primary N) is 1. The van der Waals surface area contributed by atoms with Crippen LogP contribution in [0.4, 0.5) is 0 Å². The van der Waals surface area contributed by atoms with Crippen LogP contribution in [-0.4, -0.2) is 17.3 Å². The van der Waals surface area contributed by atoms with Crippen LogP contribution in [0, 0.1) is 5.41 Å². The minimum atomic E-state index is 0.273. The zero-order valence-electron chi connectivity index (χ0n) is 12.3. The maximum absolute atomic E-state index is 7.34. The van der Waals surface area contributed by atoms with Crippen LogP contribution in [0.15, 0.2) is 60.7 Å². The van der Waals surface area contributed by atoms with Crippen LogP contribution in [0.2, 0.25) is 0 Å². The number of rotatable bonds is 8. The third kappa shape index (κ3) is 5.79. The van der Waals surface area contributed by atoms with Crippen molar-refractivity contribution in [2.75, 3.05) is 6.54 Å². The van der Waals surface area contributed by atoms with E-state index in [1.165, 1.54) is 11.1 Å². The van der Waals surface area contributed by atoms with E-state index in [9.17, 15) is 0 Å². The normalized spacial score (nSPS) is 10.7. The second kappa shape index (κ2) is 8.22. The summed E-state index contributed by atoms with van der Waals surface area (Å²) in [6.45, 7) is 2.80. The van der Waals surface area contributed by atoms with Gasteiger partial charge < -0.3 is 5.73 Å². The first-order valence-corrected chi connectivity index (χ1v) is 7.37. The Bertz CT molecular complexity index is 495. The first-order chi connectivity index (χ1) is 10.2. The molecule has 3 nitrogen and oxygen atoms in total. The van der Waals surface area contributed by atoms with Crippen LogP contribution < -0.4 is 5.73 Å². The van der Waals surface area contributed by atoms with Gasteiger partial charge in [0.25, 0.3) is 0 Å². The molecular weight excluding hydrogens is 258 g/mol. The van der Waals surface area contributed by atoms with E-state index >= 15 is 0 Å². The molecule has 0 aliphatic carbocycles. The summed E-state index contributed by atoms with van der Waals surface area (Å²) in [4.78, 5) is 2.41. The Morgan fingerprint density at radius 2 is 1.33 bits per heavy atom. The minimum Gasteiger partial charge on any atom is -0.388 e. The molecule has 3 heteroatoms. The Balaban J connectivity index is 1.97. The van der Waals surface area contributed by atoms with Gasteiger partial charge in [-0.3, -0.25) is 10.3 Å². The van der Waals surface area contributed by atoms with Gasteiger partial charge in [-0.25, -0.2) is 0 Å². The predicted molar refractivity (Wildman–Crippen MR) is 88.1 cm³/mol. The number of hydrogen-bond donors (Lipinski definition) is 2. The fourth-order valence-corrected chi connectivity index (χ4v) is 2.39. The van der Waals surface area contributed by atoms with E-state index in [4.69, 9.17) is 11.1 Å². The molecule has 3 N–H and O–H groups in total. The fourth-order valence-electron chi connectivity index (χ4n) is 2.39. The van der Waals surface area contributed by atoms with Crippen LogP contribution in [0.3, 0.4) is 0 Å². The SMILES string of the molecule is N=C(N)CCCN(Cc1ccccc1)Cc1ccccc1. The molecule has 0 unspecified atom stereocenters. The monoisotopic (exact) mass is 281 g/mol. The Kier molecular flexibility index (Phi) is 5.98. The van der Waals surface area contributed by atoms with Crippen LogP contribution >= 0.6 is 0 Å². The molecule has 0 spiro atoms. The van der Waals surface area contributed by atoms with E-state index in [-0.39, 0.29) is 5.84 Å². The van der Waals surface area contributed by atoms with Gasteiger partial charge in [0, 0.05) is 19.5 Å². The summed E-state index contributed by atoms with van der Waals surface area (Å²) < 4.78 is 0. The highest BCUT2D eigenvalue weighted by atomic mass is 15.1. The smallest absolute Gasteiger partial charge is 0.0905 e. The molecule has 0 saturated heterocycles. The molecule has 0 fully saturated rings. The van der Waals surface area contributed by atoms with Crippen molar-refractivity contribution in [2.24, 2.45) is 5.73 Å². The molecule has 0 saturated carbocycles. The van der Waals surface area contributed by atoms with Gasteiger partial charge in [0.1, 0.15) is 0 Å². The third-order valence-corrected chi connectivity index (χ3v) is 3.42. The van der Waals surface area contributed by atoms with Gasteiger partial charge in [-0.2, -0.15) is 0 Å². The molecule has 2 aromatic carbocycles. The zero-order chi connectivity index (χ0) is 14.9. The highest BCUT2D eigenvalue weighted by molar-refractivity contribution is 5.76. The zero-order valence-corrected chi connectivity index (χ0v) is 12.3. The summed E-state index contributed by atoms with van der Waals surface area (Å²) in [6.07, 6.45) is 1.59. The summed E-state index contributed by atoms with van der Waals surface area (Å²) in [5.41, 5.74) is 8.08. The molecule has 2 rings (SSSR count). The molecular formula is C18H23N3. The van der Waals surface area contributed by atoms with Gasteiger partial charge in [-0.05, 0) is 24.1 Å². The average molecular weight is 281 g/mol. The molecule has 0 atom stereocenters. The summed E-state index contributed by atoms with van der Waals surface area (Å²) in [6, 6.07) is 21.0. The molecule has 0 aliphatic heterocycles. The number of amidine groups is 1. The largest absolute Gasteiger partial charge is 0.388 e. The van der Waals surface area contributed by atoms with E-state index in [1.54, 1.807) is 0 Å². The van der Waals surface area contributed by atoms with Crippen LogP contribution in [0.1, 0.15) is 24.0 Å². The van der Waals surface area contributed by atoms with E-state index in [0.29, 0.717) is 6.42 Å². The van der Waals surface area contributed by atoms with Gasteiger partial charge >= 0.3 is 0 Å². The van der Waals surface area contributed by atoms with E-state index in [1.807, 2.05) is 12.1 Å².